The van der Waals surface area contributed by atoms with Crippen molar-refractivity contribution in [2.75, 3.05) is 24.2 Å². The van der Waals surface area contributed by atoms with Crippen LogP contribution in [0.3, 0.4) is 0 Å². The molecule has 0 heterocycles. The Morgan fingerprint density at radius 1 is 1.22 bits per heavy atom. The fraction of sp³-hybridized carbons (Fsp3) is 0.263. The molecule has 0 radical (unpaired) electrons. The maximum absolute atomic E-state index is 12.2. The van der Waals surface area contributed by atoms with Gasteiger partial charge >= 0.3 is 0 Å². The van der Waals surface area contributed by atoms with Crippen LogP contribution in [0, 0.1) is 13.8 Å². The predicted molar refractivity (Wildman–Crippen MR) is 107 cm³/mol. The van der Waals surface area contributed by atoms with Gasteiger partial charge in [0.2, 0.25) is 10.0 Å². The Morgan fingerprint density at radius 2 is 1.93 bits per heavy atom. The molecule has 2 rings (SSSR count). The van der Waals surface area contributed by atoms with Gasteiger partial charge in [-0.15, -0.1) is 0 Å². The van der Waals surface area contributed by atoms with Gasteiger partial charge in [0.1, 0.15) is 12.3 Å². The summed E-state index contributed by atoms with van der Waals surface area (Å²) in [4.78, 5) is 12.2. The molecule has 0 fully saturated rings. The molecule has 2 aromatic rings. The quantitative estimate of drug-likeness (QED) is 0.581. The summed E-state index contributed by atoms with van der Waals surface area (Å²) in [6, 6.07) is 12.6. The lowest BCUT2D eigenvalue weighted by molar-refractivity contribution is -0.119. The van der Waals surface area contributed by atoms with Gasteiger partial charge in [0.05, 0.1) is 25.3 Å². The summed E-state index contributed by atoms with van der Waals surface area (Å²) in [6.45, 7) is 3.35. The first-order valence-electron chi connectivity index (χ1n) is 8.22. The van der Waals surface area contributed by atoms with Crippen LogP contribution in [0.5, 0.6) is 5.75 Å². The van der Waals surface area contributed by atoms with Gasteiger partial charge in [0.15, 0.2) is 0 Å². The zero-order valence-corrected chi connectivity index (χ0v) is 16.6. The van der Waals surface area contributed by atoms with Crippen molar-refractivity contribution >= 4 is 27.8 Å². The molecule has 0 bridgehead atoms. The van der Waals surface area contributed by atoms with E-state index < -0.39 is 15.9 Å². The number of hydrogen-bond donors (Lipinski definition) is 1. The molecule has 2 aromatic carbocycles. The van der Waals surface area contributed by atoms with E-state index in [4.69, 9.17) is 4.74 Å². The van der Waals surface area contributed by atoms with E-state index in [-0.39, 0.29) is 6.54 Å². The molecule has 7 nitrogen and oxygen atoms in total. The fourth-order valence-corrected chi connectivity index (χ4v) is 3.49. The summed E-state index contributed by atoms with van der Waals surface area (Å²) in [5, 5.41) is 3.89. The number of carbonyl (C=O) groups is 1. The second-order valence-electron chi connectivity index (χ2n) is 6.09. The van der Waals surface area contributed by atoms with Crippen LogP contribution in [0.1, 0.15) is 16.7 Å². The molecular formula is C19H23N3O4S. The Hall–Kier alpha value is -2.87. The summed E-state index contributed by atoms with van der Waals surface area (Å²) < 4.78 is 30.6. The highest BCUT2D eigenvalue weighted by molar-refractivity contribution is 7.92. The number of sulfonamides is 1. The molecule has 0 saturated carbocycles. The molecular weight excluding hydrogens is 366 g/mol. The second kappa shape index (κ2) is 8.68. The van der Waals surface area contributed by atoms with Crippen molar-refractivity contribution in [1.82, 2.24) is 5.43 Å². The van der Waals surface area contributed by atoms with E-state index >= 15 is 0 Å². The lowest BCUT2D eigenvalue weighted by atomic mass is 10.1. The summed E-state index contributed by atoms with van der Waals surface area (Å²) in [5.41, 5.74) is 5.29. The molecule has 144 valence electrons. The maximum atomic E-state index is 12.2. The zero-order chi connectivity index (χ0) is 20.0. The number of aryl methyl sites for hydroxylation is 2. The van der Waals surface area contributed by atoms with Gasteiger partial charge in [-0.05, 0) is 37.6 Å². The number of hydrogen-bond acceptors (Lipinski definition) is 5. The SMILES string of the molecule is COc1ccccc1/C=N\NC(=O)CN(c1ccc(C)cc1C)S(C)(=O)=O. The number of amides is 1. The van der Waals surface area contributed by atoms with Crippen LogP contribution in [0.15, 0.2) is 47.6 Å². The summed E-state index contributed by atoms with van der Waals surface area (Å²) in [6.07, 6.45) is 2.51. The van der Waals surface area contributed by atoms with Crippen LogP contribution >= 0.6 is 0 Å². The molecule has 1 N–H and O–H groups in total. The van der Waals surface area contributed by atoms with Gasteiger partial charge in [0, 0.05) is 5.56 Å². The first-order chi connectivity index (χ1) is 12.7. The Morgan fingerprint density at radius 3 is 2.56 bits per heavy atom. The molecule has 0 unspecified atom stereocenters. The lowest BCUT2D eigenvalue weighted by Gasteiger charge is -2.23. The van der Waals surface area contributed by atoms with Gasteiger partial charge in [-0.3, -0.25) is 9.10 Å². The van der Waals surface area contributed by atoms with E-state index in [1.807, 2.05) is 25.1 Å². The molecule has 0 aromatic heterocycles. The van der Waals surface area contributed by atoms with E-state index in [0.717, 1.165) is 21.7 Å². The minimum Gasteiger partial charge on any atom is -0.496 e. The van der Waals surface area contributed by atoms with E-state index in [9.17, 15) is 13.2 Å². The number of carbonyl (C=O) groups excluding carboxylic acids is 1. The van der Waals surface area contributed by atoms with Gasteiger partial charge in [0.25, 0.3) is 5.91 Å². The van der Waals surface area contributed by atoms with Crippen molar-refractivity contribution in [2.45, 2.75) is 13.8 Å². The monoisotopic (exact) mass is 389 g/mol. The smallest absolute Gasteiger partial charge is 0.260 e. The minimum atomic E-state index is -3.64. The highest BCUT2D eigenvalue weighted by atomic mass is 32.2. The van der Waals surface area contributed by atoms with Crippen molar-refractivity contribution in [3.8, 4) is 5.75 Å². The summed E-state index contributed by atoms with van der Waals surface area (Å²) >= 11 is 0. The maximum Gasteiger partial charge on any atom is 0.260 e. The van der Waals surface area contributed by atoms with Crippen LogP contribution in [0.25, 0.3) is 0 Å². The van der Waals surface area contributed by atoms with Gasteiger partial charge in [-0.2, -0.15) is 5.10 Å². The Kier molecular flexibility index (Phi) is 6.57. The molecule has 1 amide bonds. The molecule has 0 spiro atoms. The third-order valence-electron chi connectivity index (χ3n) is 3.84. The normalized spacial score (nSPS) is 11.4. The van der Waals surface area contributed by atoms with Gasteiger partial charge in [-0.1, -0.05) is 29.8 Å². The van der Waals surface area contributed by atoms with E-state index in [1.54, 1.807) is 38.3 Å². The first kappa shape index (κ1) is 20.4. The first-order valence-corrected chi connectivity index (χ1v) is 10.1. The number of nitrogens with one attached hydrogen (secondary N) is 1. The van der Waals surface area contributed by atoms with Crippen LogP contribution in [0.4, 0.5) is 5.69 Å². The highest BCUT2D eigenvalue weighted by Crippen LogP contribution is 2.23. The van der Waals surface area contributed by atoms with Crippen LogP contribution < -0.4 is 14.5 Å². The number of benzene rings is 2. The third kappa shape index (κ3) is 5.55. The van der Waals surface area contributed by atoms with Crippen molar-refractivity contribution in [3.05, 3.63) is 59.2 Å². The van der Waals surface area contributed by atoms with Crippen molar-refractivity contribution in [1.29, 1.82) is 0 Å². The fourth-order valence-electron chi connectivity index (χ4n) is 2.58. The second-order valence-corrected chi connectivity index (χ2v) is 8.00. The molecule has 0 aliphatic carbocycles. The predicted octanol–water partition coefficient (Wildman–Crippen LogP) is 2.23. The lowest BCUT2D eigenvalue weighted by Crippen LogP contribution is -2.39. The van der Waals surface area contributed by atoms with E-state index in [2.05, 4.69) is 10.5 Å². The summed E-state index contributed by atoms with van der Waals surface area (Å²) in [7, 11) is -2.09. The average molecular weight is 389 g/mol. The number of ether oxygens (including phenoxy) is 1. The molecule has 0 saturated heterocycles. The van der Waals surface area contributed by atoms with Crippen LogP contribution in [0.2, 0.25) is 0 Å². The molecule has 27 heavy (non-hydrogen) atoms. The number of methoxy groups -OCH3 is 1. The number of nitrogens with zero attached hydrogens (tertiary/aromatic N) is 2. The third-order valence-corrected chi connectivity index (χ3v) is 4.97. The van der Waals surface area contributed by atoms with E-state index in [1.165, 1.54) is 6.21 Å². The number of hydrazone groups is 1. The number of para-hydroxylation sites is 1. The van der Waals surface area contributed by atoms with Crippen molar-refractivity contribution < 1.29 is 17.9 Å². The standard InChI is InChI=1S/C19H23N3O4S/c1-14-9-10-17(15(2)11-14)22(27(4,24)25)13-19(23)21-20-12-16-7-5-6-8-18(16)26-3/h5-12H,13H2,1-4H3,(H,21,23)/b20-12-. The van der Waals surface area contributed by atoms with Crippen LogP contribution in [-0.2, 0) is 14.8 Å². The molecule has 0 aliphatic heterocycles. The largest absolute Gasteiger partial charge is 0.496 e. The Bertz CT molecular complexity index is 955. The Labute approximate surface area is 159 Å². The average Bonchev–Trinajstić information content (AvgIpc) is 2.60. The van der Waals surface area contributed by atoms with Crippen molar-refractivity contribution in [2.24, 2.45) is 5.10 Å². The molecule has 8 heteroatoms. The number of rotatable bonds is 7. The van der Waals surface area contributed by atoms with Crippen LogP contribution in [-0.4, -0.2) is 40.4 Å². The molecule has 0 aliphatic rings. The van der Waals surface area contributed by atoms with Gasteiger partial charge in [-0.25, -0.2) is 13.8 Å². The van der Waals surface area contributed by atoms with Gasteiger partial charge < -0.3 is 4.74 Å². The van der Waals surface area contributed by atoms with E-state index in [0.29, 0.717) is 17.0 Å². The zero-order valence-electron chi connectivity index (χ0n) is 15.8. The molecule has 0 atom stereocenters. The topological polar surface area (TPSA) is 88.1 Å². The number of anilines is 1. The Balaban J connectivity index is 2.14. The highest BCUT2D eigenvalue weighted by Gasteiger charge is 2.22. The summed E-state index contributed by atoms with van der Waals surface area (Å²) in [5.74, 6) is 0.0649. The van der Waals surface area contributed by atoms with Crippen molar-refractivity contribution in [3.63, 3.8) is 0 Å². The minimum absolute atomic E-state index is 0.369.